The van der Waals surface area contributed by atoms with Gasteiger partial charge in [0.15, 0.2) is 0 Å². The van der Waals surface area contributed by atoms with Gasteiger partial charge in [0.05, 0.1) is 18.0 Å². The van der Waals surface area contributed by atoms with Crippen molar-refractivity contribution in [3.05, 3.63) is 17.5 Å². The van der Waals surface area contributed by atoms with E-state index >= 15 is 0 Å². The summed E-state index contributed by atoms with van der Waals surface area (Å²) >= 11 is 0. The highest BCUT2D eigenvalue weighted by atomic mass is 32.2. The molecule has 3 atom stereocenters. The van der Waals surface area contributed by atoms with E-state index in [2.05, 4.69) is 19.0 Å². The lowest BCUT2D eigenvalue weighted by molar-refractivity contribution is 0.111. The third kappa shape index (κ3) is 1.60. The Morgan fingerprint density at radius 3 is 2.86 bits per heavy atom. The first kappa shape index (κ1) is 13.8. The van der Waals surface area contributed by atoms with Gasteiger partial charge in [-0.05, 0) is 37.5 Å². The lowest BCUT2D eigenvalue weighted by Gasteiger charge is -2.37. The fraction of sp³-hybridized carbons (Fsp3) is 0.800. The van der Waals surface area contributed by atoms with E-state index in [0.29, 0.717) is 23.9 Å². The Bertz CT molecular complexity index is 694. The maximum Gasteiger partial charge on any atom is 0.215 e. The quantitative estimate of drug-likeness (QED) is 0.841. The van der Waals surface area contributed by atoms with E-state index < -0.39 is 10.0 Å². The first-order valence-electron chi connectivity index (χ1n) is 7.68. The molecular weight excluding hydrogens is 288 g/mol. The second kappa shape index (κ2) is 3.90. The molecule has 2 saturated carbocycles. The Kier molecular flexibility index (Phi) is 2.56. The Morgan fingerprint density at radius 1 is 1.48 bits per heavy atom. The number of hydrogen-bond donors (Lipinski definition) is 0. The molecule has 0 amide bonds. The lowest BCUT2D eigenvalue weighted by Crippen LogP contribution is -2.41. The van der Waals surface area contributed by atoms with Crippen LogP contribution in [-0.4, -0.2) is 29.7 Å². The fourth-order valence-corrected chi connectivity index (χ4v) is 7.77. The van der Waals surface area contributed by atoms with Crippen LogP contribution in [0.1, 0.15) is 44.6 Å². The van der Waals surface area contributed by atoms with E-state index in [9.17, 15) is 8.42 Å². The van der Waals surface area contributed by atoms with Gasteiger partial charge in [0.2, 0.25) is 10.0 Å². The van der Waals surface area contributed by atoms with Crippen molar-refractivity contribution in [1.82, 2.24) is 9.46 Å². The Hall–Kier alpha value is -0.880. The fourth-order valence-electron chi connectivity index (χ4n) is 5.24. The topological polar surface area (TPSA) is 63.4 Å². The molecule has 2 aliphatic carbocycles. The van der Waals surface area contributed by atoms with E-state index in [1.54, 1.807) is 4.31 Å². The Morgan fingerprint density at radius 2 is 2.24 bits per heavy atom. The third-order valence-electron chi connectivity index (χ3n) is 6.53. The molecule has 1 aromatic heterocycles. The second-order valence-corrected chi connectivity index (χ2v) is 9.52. The third-order valence-corrected chi connectivity index (χ3v) is 8.51. The van der Waals surface area contributed by atoms with Crippen molar-refractivity contribution < 1.29 is 12.9 Å². The highest BCUT2D eigenvalue weighted by Gasteiger charge is 2.71. The number of rotatable bonds is 2. The van der Waals surface area contributed by atoms with Crippen molar-refractivity contribution >= 4 is 10.0 Å². The van der Waals surface area contributed by atoms with Gasteiger partial charge in [-0.1, -0.05) is 19.0 Å². The molecular formula is C15H22N2O3S. The van der Waals surface area contributed by atoms with Crippen LogP contribution in [0.3, 0.4) is 0 Å². The highest BCUT2D eigenvalue weighted by molar-refractivity contribution is 7.89. The van der Waals surface area contributed by atoms with E-state index in [1.807, 2.05) is 13.0 Å². The van der Waals surface area contributed by atoms with Gasteiger partial charge in [-0.2, -0.15) is 4.31 Å². The minimum Gasteiger partial charge on any atom is -0.361 e. The van der Waals surface area contributed by atoms with Crippen LogP contribution in [0.2, 0.25) is 0 Å². The molecule has 1 spiro atoms. The first-order chi connectivity index (χ1) is 9.76. The molecule has 6 heteroatoms. The number of hydrogen-bond acceptors (Lipinski definition) is 4. The van der Waals surface area contributed by atoms with Crippen LogP contribution in [-0.2, 0) is 16.6 Å². The van der Waals surface area contributed by atoms with Crippen molar-refractivity contribution in [1.29, 1.82) is 0 Å². The predicted molar refractivity (Wildman–Crippen MR) is 77.9 cm³/mol. The van der Waals surface area contributed by atoms with E-state index in [1.165, 1.54) is 6.42 Å². The summed E-state index contributed by atoms with van der Waals surface area (Å²) in [7, 11) is -3.20. The van der Waals surface area contributed by atoms with Gasteiger partial charge in [0.25, 0.3) is 0 Å². The van der Waals surface area contributed by atoms with Gasteiger partial charge < -0.3 is 4.52 Å². The summed E-state index contributed by atoms with van der Waals surface area (Å²) < 4.78 is 32.2. The van der Waals surface area contributed by atoms with Crippen LogP contribution in [0.25, 0.3) is 0 Å². The summed E-state index contributed by atoms with van der Waals surface area (Å²) in [6.45, 7) is 6.72. The normalized spacial score (nSPS) is 39.8. The zero-order valence-corrected chi connectivity index (χ0v) is 13.6. The molecule has 1 saturated heterocycles. The van der Waals surface area contributed by atoms with Crippen LogP contribution < -0.4 is 0 Å². The molecule has 0 N–H and O–H groups in total. The average Bonchev–Trinajstić information content (AvgIpc) is 3.01. The number of sulfonamides is 1. The highest BCUT2D eigenvalue weighted by Crippen LogP contribution is 2.70. The Labute approximate surface area is 125 Å². The van der Waals surface area contributed by atoms with Crippen LogP contribution in [0.15, 0.2) is 10.6 Å². The predicted octanol–water partition coefficient (Wildman–Crippen LogP) is 2.32. The van der Waals surface area contributed by atoms with Crippen LogP contribution in [0.5, 0.6) is 0 Å². The molecule has 1 aliphatic heterocycles. The largest absolute Gasteiger partial charge is 0.361 e. The van der Waals surface area contributed by atoms with Crippen molar-refractivity contribution in [2.45, 2.75) is 52.6 Å². The van der Waals surface area contributed by atoms with Crippen molar-refractivity contribution in [2.24, 2.45) is 16.7 Å². The summed E-state index contributed by atoms with van der Waals surface area (Å²) in [6, 6.07) is 1.98. The van der Waals surface area contributed by atoms with Crippen molar-refractivity contribution in [2.75, 3.05) is 5.75 Å². The second-order valence-electron chi connectivity index (χ2n) is 7.60. The van der Waals surface area contributed by atoms with Crippen molar-refractivity contribution in [3.63, 3.8) is 0 Å². The lowest BCUT2D eigenvalue weighted by atomic mass is 9.69. The van der Waals surface area contributed by atoms with Crippen LogP contribution in [0, 0.1) is 23.7 Å². The molecule has 4 rings (SSSR count). The van der Waals surface area contributed by atoms with Gasteiger partial charge in [0.1, 0.15) is 5.76 Å². The van der Waals surface area contributed by atoms with Gasteiger partial charge in [-0.25, -0.2) is 8.42 Å². The zero-order valence-electron chi connectivity index (χ0n) is 12.8. The van der Waals surface area contributed by atoms with Crippen molar-refractivity contribution in [3.8, 4) is 0 Å². The number of aromatic nitrogens is 1. The molecule has 1 aromatic rings. The first-order valence-corrected chi connectivity index (χ1v) is 9.29. The molecule has 2 bridgehead atoms. The summed E-state index contributed by atoms with van der Waals surface area (Å²) in [4.78, 5) is 0. The van der Waals surface area contributed by atoms with Gasteiger partial charge >= 0.3 is 0 Å². The molecule has 116 valence electrons. The monoisotopic (exact) mass is 310 g/mol. The molecule has 0 radical (unpaired) electrons. The molecule has 0 unspecified atom stereocenters. The Balaban J connectivity index is 1.72. The van der Waals surface area contributed by atoms with Gasteiger partial charge in [-0.3, -0.25) is 0 Å². The number of aryl methyl sites for hydroxylation is 1. The molecule has 2 heterocycles. The summed E-state index contributed by atoms with van der Waals surface area (Å²) in [6.07, 6.45) is 3.22. The molecule has 21 heavy (non-hydrogen) atoms. The smallest absolute Gasteiger partial charge is 0.215 e. The summed E-state index contributed by atoms with van der Waals surface area (Å²) in [5, 5.41) is 3.97. The standard InChI is InChI=1S/C15H22N2O3S/c1-10-6-12(16-20-10)8-17-13-7-11-4-5-15(13,14(11,2)3)9-21(17,18)19/h6,11,13H,4-5,7-9H2,1-3H3/t11-,13-,15-/m1/s1. The van der Waals surface area contributed by atoms with Crippen LogP contribution in [0.4, 0.5) is 0 Å². The number of nitrogens with zero attached hydrogens (tertiary/aromatic N) is 2. The van der Waals surface area contributed by atoms with E-state index in [-0.39, 0.29) is 16.9 Å². The number of fused-ring (bicyclic) bond motifs is 1. The molecule has 3 aliphatic rings. The molecule has 0 aromatic carbocycles. The minimum atomic E-state index is -3.20. The minimum absolute atomic E-state index is 0.0602. The maximum absolute atomic E-state index is 12.7. The summed E-state index contributed by atoms with van der Waals surface area (Å²) in [5.74, 6) is 1.69. The SMILES string of the molecule is Cc1cc(CN2[C@@H]3C[C@H]4CC[C@]3(CS2(=O)=O)C4(C)C)no1. The molecule has 3 fully saturated rings. The van der Waals surface area contributed by atoms with Crippen LogP contribution >= 0.6 is 0 Å². The zero-order chi connectivity index (χ0) is 15.0. The average molecular weight is 310 g/mol. The van der Waals surface area contributed by atoms with Gasteiger partial charge in [-0.15, -0.1) is 0 Å². The maximum atomic E-state index is 12.7. The van der Waals surface area contributed by atoms with E-state index in [0.717, 1.165) is 18.6 Å². The molecule has 5 nitrogen and oxygen atoms in total. The van der Waals surface area contributed by atoms with E-state index in [4.69, 9.17) is 4.52 Å². The van der Waals surface area contributed by atoms with Gasteiger partial charge in [0, 0.05) is 17.5 Å². The summed E-state index contributed by atoms with van der Waals surface area (Å²) in [5.41, 5.74) is 0.780.